The molecule has 0 saturated heterocycles. The van der Waals surface area contributed by atoms with Crippen LogP contribution in [0.3, 0.4) is 0 Å². The van der Waals surface area contributed by atoms with Crippen LogP contribution in [0, 0.1) is 0 Å². The van der Waals surface area contributed by atoms with Crippen LogP contribution in [0.4, 0.5) is 0 Å². The summed E-state index contributed by atoms with van der Waals surface area (Å²) in [5, 5.41) is 0. The summed E-state index contributed by atoms with van der Waals surface area (Å²) in [4.78, 5) is 11.2. The Morgan fingerprint density at radius 1 is 1.25 bits per heavy atom. The minimum absolute atomic E-state index is 0.414. The van der Waals surface area contributed by atoms with Crippen LogP contribution in [-0.4, -0.2) is 12.3 Å². The highest BCUT2D eigenvalue weighted by molar-refractivity contribution is 5.81. The Bertz CT molecular complexity index is 356. The van der Waals surface area contributed by atoms with Gasteiger partial charge in [-0.1, -0.05) is 24.3 Å². The minimum Gasteiger partial charge on any atom is -0.330 e. The van der Waals surface area contributed by atoms with Crippen LogP contribution in [-0.2, 0) is 11.2 Å². The fourth-order valence-corrected chi connectivity index (χ4v) is 2.36. The van der Waals surface area contributed by atoms with Crippen molar-refractivity contribution in [1.29, 1.82) is 0 Å². The highest BCUT2D eigenvalue weighted by atomic mass is 16.1. The molecule has 1 saturated carbocycles. The summed E-state index contributed by atoms with van der Waals surface area (Å²) in [7, 11) is 0. The van der Waals surface area contributed by atoms with Crippen LogP contribution >= 0.6 is 0 Å². The predicted molar refractivity (Wildman–Crippen MR) is 65.4 cm³/mol. The van der Waals surface area contributed by atoms with Gasteiger partial charge >= 0.3 is 0 Å². The van der Waals surface area contributed by atoms with Crippen LogP contribution in [0.2, 0.25) is 0 Å². The highest BCUT2D eigenvalue weighted by Crippen LogP contribution is 2.31. The summed E-state index contributed by atoms with van der Waals surface area (Å²) < 4.78 is 0. The maximum Gasteiger partial charge on any atom is 0.133 e. The molecule has 2 heteroatoms. The third kappa shape index (κ3) is 2.70. The molecule has 1 aliphatic rings. The summed E-state index contributed by atoms with van der Waals surface area (Å²) in [5.41, 5.74) is 8.15. The summed E-state index contributed by atoms with van der Waals surface area (Å²) >= 11 is 0. The van der Waals surface area contributed by atoms with E-state index in [4.69, 9.17) is 5.73 Å². The smallest absolute Gasteiger partial charge is 0.133 e. The number of aryl methyl sites for hydroxylation is 1. The van der Waals surface area contributed by atoms with E-state index in [9.17, 15) is 4.79 Å². The standard InChI is InChI=1S/C14H19NO/c15-9-1-2-11-3-5-12(6-4-11)13-7-8-14(16)10-13/h3-6,13H,1-2,7-10,15H2. The fraction of sp³-hybridized carbons (Fsp3) is 0.500. The molecule has 86 valence electrons. The predicted octanol–water partition coefficient (Wildman–Crippen LogP) is 2.41. The van der Waals surface area contributed by atoms with E-state index in [1.54, 1.807) is 0 Å². The lowest BCUT2D eigenvalue weighted by Crippen LogP contribution is -2.00. The Labute approximate surface area is 96.8 Å². The van der Waals surface area contributed by atoms with E-state index in [2.05, 4.69) is 24.3 Å². The second-order valence-corrected chi connectivity index (χ2v) is 4.61. The van der Waals surface area contributed by atoms with Gasteiger partial charge in [0.25, 0.3) is 0 Å². The number of hydrogen-bond donors (Lipinski definition) is 1. The van der Waals surface area contributed by atoms with E-state index in [0.717, 1.165) is 38.6 Å². The summed E-state index contributed by atoms with van der Waals surface area (Å²) in [6, 6.07) is 8.70. The molecule has 1 aromatic carbocycles. The Morgan fingerprint density at radius 2 is 2.00 bits per heavy atom. The van der Waals surface area contributed by atoms with Gasteiger partial charge in [0.1, 0.15) is 5.78 Å². The van der Waals surface area contributed by atoms with Gasteiger partial charge in [0.2, 0.25) is 0 Å². The van der Waals surface area contributed by atoms with Gasteiger partial charge in [-0.05, 0) is 42.9 Å². The average Bonchev–Trinajstić information content (AvgIpc) is 2.74. The van der Waals surface area contributed by atoms with E-state index >= 15 is 0 Å². The third-order valence-corrected chi connectivity index (χ3v) is 3.37. The zero-order valence-corrected chi connectivity index (χ0v) is 9.61. The zero-order chi connectivity index (χ0) is 11.4. The van der Waals surface area contributed by atoms with E-state index in [0.29, 0.717) is 11.7 Å². The average molecular weight is 217 g/mol. The monoisotopic (exact) mass is 217 g/mol. The fourth-order valence-electron chi connectivity index (χ4n) is 2.36. The molecule has 1 aliphatic carbocycles. The largest absolute Gasteiger partial charge is 0.330 e. The second-order valence-electron chi connectivity index (χ2n) is 4.61. The molecule has 0 aromatic heterocycles. The number of carbonyl (C=O) groups is 1. The third-order valence-electron chi connectivity index (χ3n) is 3.37. The van der Waals surface area contributed by atoms with Crippen molar-refractivity contribution in [2.45, 2.75) is 38.0 Å². The lowest BCUT2D eigenvalue weighted by molar-refractivity contribution is -0.117. The Kier molecular flexibility index (Phi) is 3.73. The van der Waals surface area contributed by atoms with Crippen LogP contribution in [0.25, 0.3) is 0 Å². The first-order valence-corrected chi connectivity index (χ1v) is 6.10. The Hall–Kier alpha value is -1.15. The first-order chi connectivity index (χ1) is 7.79. The lowest BCUT2D eigenvalue weighted by atomic mass is 9.96. The summed E-state index contributed by atoms with van der Waals surface area (Å²) in [6.07, 6.45) is 4.63. The molecule has 0 heterocycles. The van der Waals surface area contributed by atoms with Gasteiger partial charge < -0.3 is 5.73 Å². The summed E-state index contributed by atoms with van der Waals surface area (Å²) in [6.45, 7) is 0.749. The number of Topliss-reactive ketones (excluding diaryl/α,β-unsaturated/α-hetero) is 1. The molecule has 0 amide bonds. The topological polar surface area (TPSA) is 43.1 Å². The molecule has 2 rings (SSSR count). The molecular formula is C14H19NO. The van der Waals surface area contributed by atoms with E-state index in [1.807, 2.05) is 0 Å². The second kappa shape index (κ2) is 5.26. The minimum atomic E-state index is 0.414. The van der Waals surface area contributed by atoms with Crippen molar-refractivity contribution < 1.29 is 4.79 Å². The van der Waals surface area contributed by atoms with E-state index in [1.165, 1.54) is 11.1 Å². The van der Waals surface area contributed by atoms with Gasteiger partial charge in [-0.15, -0.1) is 0 Å². The summed E-state index contributed by atoms with van der Waals surface area (Å²) in [5.74, 6) is 0.883. The van der Waals surface area contributed by atoms with Crippen LogP contribution in [0.1, 0.15) is 42.7 Å². The molecule has 0 bridgehead atoms. The first-order valence-electron chi connectivity index (χ1n) is 6.10. The van der Waals surface area contributed by atoms with Crippen molar-refractivity contribution in [2.75, 3.05) is 6.54 Å². The van der Waals surface area contributed by atoms with E-state index < -0.39 is 0 Å². The van der Waals surface area contributed by atoms with Gasteiger partial charge in [0, 0.05) is 12.8 Å². The number of hydrogen-bond acceptors (Lipinski definition) is 2. The normalized spacial score (nSPS) is 20.3. The Balaban J connectivity index is 1.99. The van der Waals surface area contributed by atoms with Crippen molar-refractivity contribution in [3.63, 3.8) is 0 Å². The quantitative estimate of drug-likeness (QED) is 0.841. The van der Waals surface area contributed by atoms with Crippen molar-refractivity contribution >= 4 is 5.78 Å². The van der Waals surface area contributed by atoms with Gasteiger partial charge in [-0.2, -0.15) is 0 Å². The molecule has 2 nitrogen and oxygen atoms in total. The maximum atomic E-state index is 11.2. The highest BCUT2D eigenvalue weighted by Gasteiger charge is 2.23. The molecule has 1 aromatic rings. The number of nitrogens with two attached hydrogens (primary N) is 1. The van der Waals surface area contributed by atoms with Crippen LogP contribution in [0.15, 0.2) is 24.3 Å². The molecule has 1 unspecified atom stereocenters. The van der Waals surface area contributed by atoms with Gasteiger partial charge in [0.15, 0.2) is 0 Å². The van der Waals surface area contributed by atoms with Crippen LogP contribution in [0.5, 0.6) is 0 Å². The van der Waals surface area contributed by atoms with Crippen molar-refractivity contribution in [2.24, 2.45) is 5.73 Å². The maximum absolute atomic E-state index is 11.2. The molecule has 2 N–H and O–H groups in total. The van der Waals surface area contributed by atoms with Gasteiger partial charge in [0.05, 0.1) is 0 Å². The van der Waals surface area contributed by atoms with Crippen molar-refractivity contribution in [3.8, 4) is 0 Å². The van der Waals surface area contributed by atoms with Gasteiger partial charge in [-0.25, -0.2) is 0 Å². The van der Waals surface area contributed by atoms with Crippen molar-refractivity contribution in [1.82, 2.24) is 0 Å². The van der Waals surface area contributed by atoms with Crippen LogP contribution < -0.4 is 5.73 Å². The molecule has 0 aliphatic heterocycles. The molecule has 1 atom stereocenters. The number of rotatable bonds is 4. The molecule has 1 fully saturated rings. The van der Waals surface area contributed by atoms with Gasteiger partial charge in [-0.3, -0.25) is 4.79 Å². The molecule has 16 heavy (non-hydrogen) atoms. The zero-order valence-electron chi connectivity index (χ0n) is 9.61. The number of carbonyl (C=O) groups excluding carboxylic acids is 1. The lowest BCUT2D eigenvalue weighted by Gasteiger charge is -2.09. The van der Waals surface area contributed by atoms with Crippen molar-refractivity contribution in [3.05, 3.63) is 35.4 Å². The first kappa shape index (κ1) is 11.3. The molecule has 0 spiro atoms. The molecule has 0 radical (unpaired) electrons. The molecular weight excluding hydrogens is 198 g/mol. The number of benzene rings is 1. The van der Waals surface area contributed by atoms with E-state index in [-0.39, 0.29) is 0 Å². The number of ketones is 1. The Morgan fingerprint density at radius 3 is 2.56 bits per heavy atom. The SMILES string of the molecule is NCCCc1ccc(C2CCC(=O)C2)cc1.